The van der Waals surface area contributed by atoms with Gasteiger partial charge in [-0.1, -0.05) is 66.7 Å². The van der Waals surface area contributed by atoms with E-state index in [-0.39, 0.29) is 127 Å². The zero-order valence-corrected chi connectivity index (χ0v) is 98.1. The van der Waals surface area contributed by atoms with Gasteiger partial charge in [-0.3, -0.25) is 4.90 Å². The summed E-state index contributed by atoms with van der Waals surface area (Å²) in [5.41, 5.74) is -1.06. The molecule has 10 unspecified atom stereocenters. The fourth-order valence-corrected chi connectivity index (χ4v) is 17.4. The van der Waals surface area contributed by atoms with Crippen molar-refractivity contribution in [1.82, 2.24) is 92.0 Å². The molecule has 2 bridgehead atoms. The normalized spacial score (nSPS) is 22.3. The van der Waals surface area contributed by atoms with E-state index in [0.29, 0.717) is 69.2 Å². The summed E-state index contributed by atoms with van der Waals surface area (Å²) in [6.45, 7) is 88.4. The molecule has 9 N–H and O–H groups in total. The van der Waals surface area contributed by atoms with Gasteiger partial charge in [0.15, 0.2) is 0 Å². The van der Waals surface area contributed by atoms with Crippen LogP contribution in [0.1, 0.15) is 291 Å². The Labute approximate surface area is 900 Å². The van der Waals surface area contributed by atoms with Crippen molar-refractivity contribution in [3.8, 4) is 0 Å². The van der Waals surface area contributed by atoms with E-state index in [4.69, 9.17) is 47.4 Å². The number of halogens is 2. The van der Waals surface area contributed by atoms with Gasteiger partial charge in [0, 0.05) is 220 Å². The number of likely N-dealkylation sites (tertiary alicyclic amines) is 1. The Hall–Kier alpha value is -8.67. The minimum absolute atomic E-state index is 0. The topological polar surface area (TPSA) is 383 Å². The molecule has 2 aromatic carbocycles. The maximum Gasteiger partial charge on any atom is 0.410 e. The third kappa shape index (κ3) is 54.4. The number of nitrogens with one attached hydrogen (secondary N) is 9. The fraction of sp³-hybridized carbons (Fsp3) is 0.811. The standard InChI is InChI=1S/2C16H23FN2O2.C13H26N2O2.2C12H24N2O2.C11H22N2O3.C11H22N2O2.C10H18N2O2.C9H18N2O2.CH4/c1-11-9-12(17)5-6-13(11)14-10-18-7-8-19(14)15(20)21-16(2,3)4;1-16(2,3)21-15(20)19-9-8-18-11-14(19)10-12-4-6-13(17)7-5-12;1-10(2)8-11-9-14-6-7-15(11)12(16)17-13(3,4)5;1-9(2)10-8-14(7-6-13-10)11(15)16-12(3,4)5;1-5-6-10-9-13-7-8-14(10)11(15)16-12(2,3)4;1-11(2,3)16-10(14)13-6-5-12-7-9(13)8-15-4;1-8-6-12-7-9(2)13(8)10(14)15-11(3,4)5;1-10(2,3)14-9(13)12-6-7-4-8(12)5-11-7;1-9(2,3)13-8(12)11-6-4-10-5-7-11;/h5-6,9,14,18H,7-8,10H2,1-4H3;4-7,14,18H,8-11H2,1-3H3;10-11,14H,6-9H2,1-5H3;9-10,13H,6-8H2,1-5H3;10,13H,5-9H2,1-4H3;9,12H,5-8H2,1-4H3;8-9,12H,6-7H2,1-5H3;7-8,11H,4-6H2,1-3H3;10H,4-7H2,1-3H3;1H4. The zero-order chi connectivity index (χ0) is 113. The molecule has 10 atom stereocenters. The monoisotopic (exact) mass is 2130 g/mol. The lowest BCUT2D eigenvalue weighted by Crippen LogP contribution is -2.58. The minimum atomic E-state index is -0.523. The fourth-order valence-electron chi connectivity index (χ4n) is 17.4. The number of nitrogens with zero attached hydrogens (tertiary/aromatic N) is 9. The number of hydrogen-bond donors (Lipinski definition) is 9. The van der Waals surface area contributed by atoms with Crippen LogP contribution in [-0.4, -0.2) is 388 Å². The van der Waals surface area contributed by atoms with Gasteiger partial charge in [0.1, 0.15) is 62.0 Å². The maximum atomic E-state index is 13.3. The highest BCUT2D eigenvalue weighted by molar-refractivity contribution is 5.73. The molecule has 0 saturated carbocycles. The number of hydrogen-bond acceptors (Lipinski definition) is 28. The van der Waals surface area contributed by atoms with Gasteiger partial charge in [-0.25, -0.2) is 51.9 Å². The number of ether oxygens (including phenoxy) is 10. The van der Waals surface area contributed by atoms with Crippen LogP contribution in [-0.2, 0) is 53.8 Å². The lowest BCUT2D eigenvalue weighted by Gasteiger charge is -2.39. The molecule has 10 aliphatic rings. The quantitative estimate of drug-likeness (QED) is 0.0998. The van der Waals surface area contributed by atoms with Crippen LogP contribution in [0.4, 0.5) is 51.9 Å². The van der Waals surface area contributed by atoms with Crippen molar-refractivity contribution < 1.29 is 99.3 Å². The summed E-state index contributed by atoms with van der Waals surface area (Å²) in [6, 6.07) is 13.2. The van der Waals surface area contributed by atoms with Crippen molar-refractivity contribution in [2.75, 3.05) is 184 Å². The van der Waals surface area contributed by atoms with Gasteiger partial charge in [0.25, 0.3) is 0 Å². The first kappa shape index (κ1) is 135. The largest absolute Gasteiger partial charge is 0.444 e. The summed E-state index contributed by atoms with van der Waals surface area (Å²) in [4.78, 5) is 124. The van der Waals surface area contributed by atoms with Crippen molar-refractivity contribution in [2.24, 2.45) is 11.8 Å². The van der Waals surface area contributed by atoms with Gasteiger partial charge in [0.05, 0.1) is 24.7 Å². The van der Waals surface area contributed by atoms with Crippen LogP contribution in [0.25, 0.3) is 0 Å². The molecule has 2 aromatic rings. The van der Waals surface area contributed by atoms with Crippen molar-refractivity contribution in [3.05, 3.63) is 70.8 Å². The minimum Gasteiger partial charge on any atom is -0.444 e. The van der Waals surface area contributed by atoms with Gasteiger partial charge in [-0.05, 0) is 286 Å². The second-order valence-electron chi connectivity index (χ2n) is 49.5. The van der Waals surface area contributed by atoms with Gasteiger partial charge >= 0.3 is 54.8 Å². The highest BCUT2D eigenvalue weighted by atomic mass is 19.1. The summed E-state index contributed by atoms with van der Waals surface area (Å²) < 4.78 is 79.8. The molecule has 150 heavy (non-hydrogen) atoms. The van der Waals surface area contributed by atoms with E-state index in [9.17, 15) is 51.9 Å². The number of benzene rings is 2. The van der Waals surface area contributed by atoms with Crippen LogP contribution >= 0.6 is 0 Å². The number of amides is 9. The van der Waals surface area contributed by atoms with Crippen molar-refractivity contribution in [2.45, 2.75) is 393 Å². The van der Waals surface area contributed by atoms with E-state index in [1.807, 2.05) is 227 Å². The Bertz CT molecular complexity index is 4260. The summed E-state index contributed by atoms with van der Waals surface area (Å²) in [6.07, 6.45) is 2.95. The second kappa shape index (κ2) is 62.8. The molecular formula is C111H204F2N18O19. The van der Waals surface area contributed by atoms with Gasteiger partial charge in [0.2, 0.25) is 0 Å². The van der Waals surface area contributed by atoms with Crippen molar-refractivity contribution in [3.63, 3.8) is 0 Å². The Kier molecular flexibility index (Phi) is 56.7. The van der Waals surface area contributed by atoms with Crippen LogP contribution in [0.5, 0.6) is 0 Å². The summed E-state index contributed by atoms with van der Waals surface area (Å²) in [5.74, 6) is 0.614. The highest BCUT2D eigenvalue weighted by Crippen LogP contribution is 2.31. The molecule has 866 valence electrons. The van der Waals surface area contributed by atoms with Crippen LogP contribution in [0.15, 0.2) is 42.5 Å². The summed E-state index contributed by atoms with van der Waals surface area (Å²) >= 11 is 0. The van der Waals surface area contributed by atoms with Crippen LogP contribution in [0, 0.1) is 30.4 Å². The molecule has 10 saturated heterocycles. The molecule has 0 spiro atoms. The Morgan fingerprint density at radius 1 is 0.373 bits per heavy atom. The second-order valence-corrected chi connectivity index (χ2v) is 49.5. The Balaban J connectivity index is 0.000000434. The van der Waals surface area contributed by atoms with Crippen LogP contribution in [0.2, 0.25) is 0 Å². The SMILES string of the molecule is C.CC(C)(C)OC(=O)N1CC2CC1CN2.CC(C)(C)OC(=O)N1CCNCC1.CC(C)(C)OC(=O)N1CCNCC1Cc1ccc(F)cc1.CC(C)C1CN(C(=O)OC(C)(C)C)CCN1.CC(C)CC1CNCCN1C(=O)OC(C)(C)C.CC1CNCC(C)N1C(=O)OC(C)(C)C.CCCC1CNCCN1C(=O)OC(C)(C)C.COCC1CNCCN1C(=O)OC(C)(C)C.Cc1cc(F)ccc1C1CNCCN1C(=O)OC(C)(C)C. The smallest absolute Gasteiger partial charge is 0.410 e. The maximum absolute atomic E-state index is 13.3. The summed E-state index contributed by atoms with van der Waals surface area (Å²) in [5, 5.41) is 29.7. The molecule has 0 radical (unpaired) electrons. The van der Waals surface area contributed by atoms with Gasteiger partial charge < -0.3 is 134 Å². The first-order valence-electron chi connectivity index (χ1n) is 54.2. The Morgan fingerprint density at radius 3 is 1.13 bits per heavy atom. The van der Waals surface area contributed by atoms with Gasteiger partial charge in [-0.15, -0.1) is 0 Å². The van der Waals surface area contributed by atoms with E-state index in [1.165, 1.54) is 24.3 Å². The predicted molar refractivity (Wildman–Crippen MR) is 589 cm³/mol. The number of fused-ring (bicyclic) bond motifs is 2. The van der Waals surface area contributed by atoms with Crippen molar-refractivity contribution in [1.29, 1.82) is 0 Å². The van der Waals surface area contributed by atoms with E-state index >= 15 is 0 Å². The van der Waals surface area contributed by atoms with E-state index in [2.05, 4.69) is 82.5 Å². The lowest BCUT2D eigenvalue weighted by atomic mass is 9.98. The molecule has 10 heterocycles. The molecule has 10 fully saturated rings. The summed E-state index contributed by atoms with van der Waals surface area (Å²) in [7, 11) is 1.64. The van der Waals surface area contributed by atoms with Crippen LogP contribution in [0.3, 0.4) is 0 Å². The van der Waals surface area contributed by atoms with E-state index in [1.54, 1.807) is 49.8 Å². The molecule has 9 amide bonds. The first-order chi connectivity index (χ1) is 68.8. The number of piperazine rings is 9. The van der Waals surface area contributed by atoms with Gasteiger partial charge in [-0.2, -0.15) is 0 Å². The average molecular weight is 2130 g/mol. The zero-order valence-electron chi connectivity index (χ0n) is 98.1. The van der Waals surface area contributed by atoms with Crippen LogP contribution < -0.4 is 47.9 Å². The third-order valence-corrected chi connectivity index (χ3v) is 24.0. The molecule has 0 aromatic heterocycles. The van der Waals surface area contributed by atoms with E-state index < -0.39 is 39.2 Å². The predicted octanol–water partition coefficient (Wildman–Crippen LogP) is 16.6. The molecule has 0 aliphatic carbocycles. The number of carbonyl (C=O) groups excluding carboxylic acids is 9. The number of rotatable bonds is 10. The molecule has 12 rings (SSSR count). The third-order valence-electron chi connectivity index (χ3n) is 24.0. The number of carbonyl (C=O) groups is 9. The lowest BCUT2D eigenvalue weighted by molar-refractivity contribution is 0.000408. The molecule has 37 nitrogen and oxygen atoms in total. The Morgan fingerprint density at radius 2 is 0.727 bits per heavy atom. The molecule has 39 heteroatoms. The number of methoxy groups -OCH3 is 1. The molecule has 10 aliphatic heterocycles. The van der Waals surface area contributed by atoms with E-state index in [0.717, 1.165) is 186 Å². The first-order valence-corrected chi connectivity index (χ1v) is 54.2. The average Bonchev–Trinajstić information content (AvgIpc) is 1.64. The highest BCUT2D eigenvalue weighted by Gasteiger charge is 2.44. The number of aryl methyl sites for hydroxylation is 1. The van der Waals surface area contributed by atoms with Crippen molar-refractivity contribution >= 4 is 54.8 Å². The molecular weight excluding hydrogens is 1930 g/mol.